The number of aliphatic hydroxyl groups excluding tert-OH is 1. The predicted molar refractivity (Wildman–Crippen MR) is 113 cm³/mol. The number of nitrogens with two attached hydrogens (primary N) is 1. The summed E-state index contributed by atoms with van der Waals surface area (Å²) in [6.07, 6.45) is 2.01. The Bertz CT molecular complexity index is 895. The first kappa shape index (κ1) is 19.8. The van der Waals surface area contributed by atoms with Gasteiger partial charge in [0.15, 0.2) is 0 Å². The van der Waals surface area contributed by atoms with E-state index in [0.29, 0.717) is 25.1 Å². The van der Waals surface area contributed by atoms with Crippen molar-refractivity contribution >= 4 is 5.91 Å². The van der Waals surface area contributed by atoms with Gasteiger partial charge in [-0.2, -0.15) is 0 Å². The van der Waals surface area contributed by atoms with Crippen LogP contribution in [0.5, 0.6) is 0 Å². The topological polar surface area (TPSA) is 75.4 Å². The highest BCUT2D eigenvalue weighted by atomic mass is 16.3. The minimum atomic E-state index is -0.574. The molecule has 0 bridgehead atoms. The minimum Gasteiger partial charge on any atom is -0.391 e. The molecule has 4 nitrogen and oxygen atoms in total. The summed E-state index contributed by atoms with van der Waals surface area (Å²) < 4.78 is 0. The van der Waals surface area contributed by atoms with E-state index in [2.05, 4.69) is 5.32 Å². The summed E-state index contributed by atoms with van der Waals surface area (Å²) in [7, 11) is 0. The zero-order valence-electron chi connectivity index (χ0n) is 15.7. The SMILES string of the molecule is NC(=O)c1c(CNC[C@@H](O)[CH]Cc2ccccc2)cccc1-c1ccccc1. The number of primary amides is 1. The smallest absolute Gasteiger partial charge is 0.249 e. The van der Waals surface area contributed by atoms with Crippen LogP contribution in [0.3, 0.4) is 0 Å². The molecule has 0 fully saturated rings. The number of carbonyl (C=O) groups excluding carboxylic acids is 1. The lowest BCUT2D eigenvalue weighted by Crippen LogP contribution is -2.28. The maximum Gasteiger partial charge on any atom is 0.249 e. The van der Waals surface area contributed by atoms with Crippen LogP contribution in [0.25, 0.3) is 11.1 Å². The van der Waals surface area contributed by atoms with Crippen molar-refractivity contribution in [1.29, 1.82) is 0 Å². The molecule has 0 unspecified atom stereocenters. The van der Waals surface area contributed by atoms with Crippen molar-refractivity contribution in [3.05, 3.63) is 102 Å². The van der Waals surface area contributed by atoms with Crippen LogP contribution in [0.4, 0.5) is 0 Å². The third kappa shape index (κ3) is 5.28. The fraction of sp³-hybridized carbons (Fsp3) is 0.167. The molecule has 0 saturated heterocycles. The zero-order chi connectivity index (χ0) is 19.8. The molecule has 4 N–H and O–H groups in total. The number of hydrogen-bond acceptors (Lipinski definition) is 3. The average molecular weight is 373 g/mol. The number of hydrogen-bond donors (Lipinski definition) is 3. The molecule has 0 saturated carbocycles. The molecule has 1 atom stereocenters. The second-order valence-electron chi connectivity index (χ2n) is 6.69. The van der Waals surface area contributed by atoms with E-state index < -0.39 is 12.0 Å². The van der Waals surface area contributed by atoms with Gasteiger partial charge in [-0.15, -0.1) is 0 Å². The highest BCUT2D eigenvalue weighted by Crippen LogP contribution is 2.26. The summed E-state index contributed by atoms with van der Waals surface area (Å²) in [6.45, 7) is 0.857. The summed E-state index contributed by atoms with van der Waals surface area (Å²) >= 11 is 0. The molecule has 0 aliphatic rings. The molecular weight excluding hydrogens is 348 g/mol. The zero-order valence-corrected chi connectivity index (χ0v) is 15.7. The van der Waals surface area contributed by atoms with Gasteiger partial charge < -0.3 is 16.2 Å². The van der Waals surface area contributed by atoms with Gasteiger partial charge in [0.25, 0.3) is 0 Å². The standard InChI is InChI=1S/C24H25N2O2/c25-24(28)23-20(12-7-13-22(23)19-10-5-2-6-11-19)16-26-17-21(27)15-14-18-8-3-1-4-9-18/h1-13,15,21,26-27H,14,16-17H2,(H2,25,28)/t21-/m0/s1. The Hall–Kier alpha value is -2.95. The molecule has 0 heterocycles. The van der Waals surface area contributed by atoms with Gasteiger partial charge >= 0.3 is 0 Å². The van der Waals surface area contributed by atoms with Crippen LogP contribution >= 0.6 is 0 Å². The van der Waals surface area contributed by atoms with Gasteiger partial charge in [-0.3, -0.25) is 4.79 Å². The Morgan fingerprint density at radius 1 is 0.964 bits per heavy atom. The van der Waals surface area contributed by atoms with Gasteiger partial charge in [0, 0.05) is 13.1 Å². The van der Waals surface area contributed by atoms with Crippen LogP contribution in [0.1, 0.15) is 21.5 Å². The normalized spacial score (nSPS) is 11.9. The first-order chi connectivity index (χ1) is 13.6. The van der Waals surface area contributed by atoms with Crippen LogP contribution in [0.15, 0.2) is 78.9 Å². The highest BCUT2D eigenvalue weighted by molar-refractivity contribution is 6.01. The number of carbonyl (C=O) groups is 1. The van der Waals surface area contributed by atoms with E-state index in [-0.39, 0.29) is 0 Å². The summed E-state index contributed by atoms with van der Waals surface area (Å²) in [6, 6.07) is 25.4. The molecule has 28 heavy (non-hydrogen) atoms. The Labute approximate surface area is 166 Å². The summed E-state index contributed by atoms with van der Waals surface area (Å²) in [4.78, 5) is 12.1. The van der Waals surface area contributed by atoms with E-state index in [1.54, 1.807) is 0 Å². The van der Waals surface area contributed by atoms with Crippen LogP contribution in [0.2, 0.25) is 0 Å². The maximum atomic E-state index is 12.1. The van der Waals surface area contributed by atoms with Crippen molar-refractivity contribution < 1.29 is 9.90 Å². The van der Waals surface area contributed by atoms with Crippen molar-refractivity contribution in [3.63, 3.8) is 0 Å². The van der Waals surface area contributed by atoms with Crippen LogP contribution in [-0.4, -0.2) is 23.7 Å². The van der Waals surface area contributed by atoms with E-state index in [9.17, 15) is 9.90 Å². The number of benzene rings is 3. The number of aliphatic hydroxyl groups is 1. The molecule has 4 heteroatoms. The van der Waals surface area contributed by atoms with Gasteiger partial charge in [0.1, 0.15) is 0 Å². The Morgan fingerprint density at radius 2 is 1.64 bits per heavy atom. The van der Waals surface area contributed by atoms with E-state index in [1.165, 1.54) is 0 Å². The van der Waals surface area contributed by atoms with Gasteiger partial charge in [0.2, 0.25) is 5.91 Å². The number of rotatable bonds is 9. The van der Waals surface area contributed by atoms with Crippen LogP contribution in [0, 0.1) is 6.42 Å². The highest BCUT2D eigenvalue weighted by Gasteiger charge is 2.15. The third-order valence-corrected chi connectivity index (χ3v) is 4.62. The molecule has 1 amide bonds. The summed E-state index contributed by atoms with van der Waals surface area (Å²) in [5, 5.41) is 13.4. The van der Waals surface area contributed by atoms with Crippen LogP contribution < -0.4 is 11.1 Å². The lowest BCUT2D eigenvalue weighted by atomic mass is 9.95. The lowest BCUT2D eigenvalue weighted by molar-refractivity contribution is 0.1000. The van der Waals surface area contributed by atoms with Crippen molar-refractivity contribution in [2.75, 3.05) is 6.54 Å². The van der Waals surface area contributed by atoms with Gasteiger partial charge in [-0.05, 0) is 35.1 Å². The van der Waals surface area contributed by atoms with E-state index in [4.69, 9.17) is 5.73 Å². The molecule has 143 valence electrons. The Morgan fingerprint density at radius 3 is 2.32 bits per heavy atom. The molecule has 0 aliphatic heterocycles. The average Bonchev–Trinajstić information content (AvgIpc) is 2.73. The summed E-state index contributed by atoms with van der Waals surface area (Å²) in [5.41, 5.74) is 9.95. The van der Waals surface area contributed by atoms with Crippen molar-refractivity contribution in [2.24, 2.45) is 5.73 Å². The van der Waals surface area contributed by atoms with Crippen molar-refractivity contribution in [1.82, 2.24) is 5.32 Å². The second-order valence-corrected chi connectivity index (χ2v) is 6.69. The molecule has 3 aromatic rings. The fourth-order valence-corrected chi connectivity index (χ4v) is 3.22. The molecular formula is C24H25N2O2. The molecule has 3 aromatic carbocycles. The van der Waals surface area contributed by atoms with Gasteiger partial charge in [-0.25, -0.2) is 0 Å². The molecule has 3 rings (SSSR count). The molecule has 0 spiro atoms. The summed E-state index contributed by atoms with van der Waals surface area (Å²) in [5.74, 6) is -0.451. The Kier molecular flexibility index (Phi) is 6.95. The lowest BCUT2D eigenvalue weighted by Gasteiger charge is -2.15. The van der Waals surface area contributed by atoms with Gasteiger partial charge in [-0.1, -0.05) is 78.9 Å². The fourth-order valence-electron chi connectivity index (χ4n) is 3.22. The number of amides is 1. The monoisotopic (exact) mass is 373 g/mol. The minimum absolute atomic E-state index is 0.403. The second kappa shape index (κ2) is 9.83. The quantitative estimate of drug-likeness (QED) is 0.538. The molecule has 0 aliphatic carbocycles. The van der Waals surface area contributed by atoms with Crippen LogP contribution in [-0.2, 0) is 13.0 Å². The van der Waals surface area contributed by atoms with Crippen molar-refractivity contribution in [3.8, 4) is 11.1 Å². The van der Waals surface area contributed by atoms with Gasteiger partial charge in [0.05, 0.1) is 11.7 Å². The maximum absolute atomic E-state index is 12.1. The largest absolute Gasteiger partial charge is 0.391 e. The molecule has 1 radical (unpaired) electrons. The molecule has 0 aromatic heterocycles. The third-order valence-electron chi connectivity index (χ3n) is 4.62. The van der Waals surface area contributed by atoms with Crippen molar-refractivity contribution in [2.45, 2.75) is 19.1 Å². The predicted octanol–water partition coefficient (Wildman–Crippen LogP) is 3.35. The first-order valence-corrected chi connectivity index (χ1v) is 9.38. The number of nitrogens with one attached hydrogen (secondary N) is 1. The van der Waals surface area contributed by atoms with E-state index in [1.807, 2.05) is 85.3 Å². The van der Waals surface area contributed by atoms with E-state index in [0.717, 1.165) is 22.3 Å². The van der Waals surface area contributed by atoms with E-state index >= 15 is 0 Å². The Balaban J connectivity index is 1.62. The first-order valence-electron chi connectivity index (χ1n) is 9.38.